The van der Waals surface area contributed by atoms with E-state index in [1.165, 1.54) is 35.6 Å². The van der Waals surface area contributed by atoms with Gasteiger partial charge in [-0.25, -0.2) is 9.37 Å². The molecule has 142 valence electrons. The van der Waals surface area contributed by atoms with Crippen LogP contribution in [0.4, 0.5) is 10.2 Å². The van der Waals surface area contributed by atoms with Crippen molar-refractivity contribution < 1.29 is 18.3 Å². The summed E-state index contributed by atoms with van der Waals surface area (Å²) in [5.41, 5.74) is 1.42. The molecule has 0 radical (unpaired) electrons. The zero-order valence-electron chi connectivity index (χ0n) is 14.8. The van der Waals surface area contributed by atoms with E-state index in [1.54, 1.807) is 23.1 Å². The van der Waals surface area contributed by atoms with Crippen molar-refractivity contribution in [3.05, 3.63) is 65.6 Å². The molecule has 28 heavy (non-hydrogen) atoms. The zero-order valence-corrected chi connectivity index (χ0v) is 15.6. The van der Waals surface area contributed by atoms with E-state index in [1.807, 2.05) is 18.4 Å². The lowest BCUT2D eigenvalue weighted by Crippen LogP contribution is -2.21. The van der Waals surface area contributed by atoms with Crippen LogP contribution in [0.2, 0.25) is 0 Å². The van der Waals surface area contributed by atoms with Crippen LogP contribution in [-0.2, 0) is 4.79 Å². The molecule has 0 aliphatic carbocycles. The molecule has 0 saturated carbocycles. The Morgan fingerprint density at radius 3 is 2.89 bits per heavy atom. The number of halogens is 1. The van der Waals surface area contributed by atoms with Gasteiger partial charge < -0.3 is 14.5 Å². The number of nitrogens with zero attached hydrogens (tertiary/aromatic N) is 3. The van der Waals surface area contributed by atoms with E-state index in [-0.39, 0.29) is 18.3 Å². The highest BCUT2D eigenvalue weighted by Gasteiger charge is 2.15. The summed E-state index contributed by atoms with van der Waals surface area (Å²) in [5.74, 6) is 0.807. The first-order valence-electron chi connectivity index (χ1n) is 8.33. The second-order valence-corrected chi connectivity index (χ2v) is 6.70. The Morgan fingerprint density at radius 2 is 2.14 bits per heavy atom. The molecule has 0 atom stereocenters. The molecule has 0 fully saturated rings. The molecule has 3 heterocycles. The smallest absolute Gasteiger partial charge is 0.263 e. The number of rotatable bonds is 6. The minimum absolute atomic E-state index is 0.217. The molecule has 4 aromatic rings. The van der Waals surface area contributed by atoms with E-state index in [0.29, 0.717) is 28.2 Å². The zero-order chi connectivity index (χ0) is 19.5. The van der Waals surface area contributed by atoms with Crippen LogP contribution < -0.4 is 10.1 Å². The summed E-state index contributed by atoms with van der Waals surface area (Å²) < 4.78 is 25.2. The van der Waals surface area contributed by atoms with Crippen molar-refractivity contribution >= 4 is 23.1 Å². The van der Waals surface area contributed by atoms with Gasteiger partial charge in [0.05, 0.1) is 12.0 Å². The number of anilines is 1. The Hall–Kier alpha value is -3.46. The second-order valence-electron chi connectivity index (χ2n) is 5.87. The Kier molecular flexibility index (Phi) is 4.90. The average molecular weight is 398 g/mol. The van der Waals surface area contributed by atoms with Crippen molar-refractivity contribution in [3.63, 3.8) is 0 Å². The van der Waals surface area contributed by atoms with E-state index in [9.17, 15) is 9.18 Å². The molecule has 0 bridgehead atoms. The van der Waals surface area contributed by atoms with Gasteiger partial charge in [-0.05, 0) is 43.3 Å². The lowest BCUT2D eigenvalue weighted by molar-refractivity contribution is -0.118. The van der Waals surface area contributed by atoms with E-state index in [0.717, 1.165) is 5.69 Å². The third-order valence-electron chi connectivity index (χ3n) is 3.73. The van der Waals surface area contributed by atoms with Crippen molar-refractivity contribution in [2.24, 2.45) is 0 Å². The van der Waals surface area contributed by atoms with Gasteiger partial charge >= 0.3 is 0 Å². The highest BCUT2D eigenvalue weighted by atomic mass is 32.1. The summed E-state index contributed by atoms with van der Waals surface area (Å²) in [6.07, 6.45) is 1.58. The fraction of sp³-hybridized carbons (Fsp3) is 0.105. The number of carbonyl (C=O) groups excluding carboxylic acids is 1. The van der Waals surface area contributed by atoms with Gasteiger partial charge in [-0.2, -0.15) is 9.78 Å². The van der Waals surface area contributed by atoms with Gasteiger partial charge in [0.25, 0.3) is 5.91 Å². The van der Waals surface area contributed by atoms with Gasteiger partial charge in [-0.1, -0.05) is 0 Å². The van der Waals surface area contributed by atoms with Gasteiger partial charge in [0, 0.05) is 11.4 Å². The molecule has 1 aromatic carbocycles. The van der Waals surface area contributed by atoms with Crippen LogP contribution in [0.1, 0.15) is 5.69 Å². The van der Waals surface area contributed by atoms with E-state index in [4.69, 9.17) is 9.15 Å². The van der Waals surface area contributed by atoms with Crippen molar-refractivity contribution in [1.82, 2.24) is 14.8 Å². The lowest BCUT2D eigenvalue weighted by atomic mass is 10.3. The number of thiazole rings is 1. The Bertz CT molecular complexity index is 1090. The van der Waals surface area contributed by atoms with Gasteiger partial charge in [-0.15, -0.1) is 11.3 Å². The van der Waals surface area contributed by atoms with Gasteiger partial charge in [-0.3, -0.25) is 4.79 Å². The molecular formula is C19H15FN4O3S. The monoisotopic (exact) mass is 398 g/mol. The summed E-state index contributed by atoms with van der Waals surface area (Å²) >= 11 is 1.38. The largest absolute Gasteiger partial charge is 0.484 e. The molecule has 9 heteroatoms. The van der Waals surface area contributed by atoms with Gasteiger partial charge in [0.2, 0.25) is 5.13 Å². The number of aromatic nitrogens is 3. The van der Waals surface area contributed by atoms with Gasteiger partial charge in [0.15, 0.2) is 12.4 Å². The maximum absolute atomic E-state index is 12.9. The molecule has 1 amide bonds. The molecule has 1 N–H and O–H groups in total. The molecule has 0 unspecified atom stereocenters. The quantitative estimate of drug-likeness (QED) is 0.530. The van der Waals surface area contributed by atoms with Crippen LogP contribution >= 0.6 is 11.3 Å². The van der Waals surface area contributed by atoms with E-state index in [2.05, 4.69) is 15.4 Å². The summed E-state index contributed by atoms with van der Waals surface area (Å²) in [5, 5.41) is 9.60. The normalized spacial score (nSPS) is 10.8. The topological polar surface area (TPSA) is 82.2 Å². The number of hydrogen-bond acceptors (Lipinski definition) is 6. The Balaban J connectivity index is 1.47. The third kappa shape index (κ3) is 3.94. The average Bonchev–Trinajstić information content (AvgIpc) is 3.41. The third-order valence-corrected chi connectivity index (χ3v) is 4.55. The first-order chi connectivity index (χ1) is 13.6. The highest BCUT2D eigenvalue weighted by molar-refractivity contribution is 7.12. The molecule has 4 rings (SSSR count). The standard InChI is InChI=1S/C19H15FN4O3S/c1-12-9-17(22-18(25)10-27-14-6-4-13(20)5-7-14)24(23-12)19-21-15(11-28-19)16-3-2-8-26-16/h2-9,11H,10H2,1H3,(H,22,25). The summed E-state index contributed by atoms with van der Waals surface area (Å²) in [6.45, 7) is 1.60. The second kappa shape index (κ2) is 7.65. The number of hydrogen-bond donors (Lipinski definition) is 1. The summed E-state index contributed by atoms with van der Waals surface area (Å²) in [7, 11) is 0. The predicted octanol–water partition coefficient (Wildman–Crippen LogP) is 4.05. The SMILES string of the molecule is Cc1cc(NC(=O)COc2ccc(F)cc2)n(-c2nc(-c3ccco3)cs2)n1. The summed E-state index contributed by atoms with van der Waals surface area (Å²) in [4.78, 5) is 16.8. The van der Waals surface area contributed by atoms with Gasteiger partial charge in [0.1, 0.15) is 23.1 Å². The van der Waals surface area contributed by atoms with Crippen LogP contribution in [-0.4, -0.2) is 27.3 Å². The lowest BCUT2D eigenvalue weighted by Gasteiger charge is -2.08. The van der Waals surface area contributed by atoms with E-state index >= 15 is 0 Å². The Labute approximate surface area is 163 Å². The fourth-order valence-electron chi connectivity index (χ4n) is 2.49. The van der Waals surface area contributed by atoms with Crippen LogP contribution in [0.25, 0.3) is 16.6 Å². The number of aryl methyl sites for hydroxylation is 1. The van der Waals surface area contributed by atoms with E-state index < -0.39 is 0 Å². The molecule has 0 aliphatic rings. The number of ether oxygens (including phenoxy) is 1. The molecular weight excluding hydrogens is 383 g/mol. The highest BCUT2D eigenvalue weighted by Crippen LogP contribution is 2.26. The molecule has 0 spiro atoms. The van der Waals surface area contributed by atoms with Crippen molar-refractivity contribution in [2.45, 2.75) is 6.92 Å². The minimum atomic E-state index is -0.367. The predicted molar refractivity (Wildman–Crippen MR) is 102 cm³/mol. The molecule has 0 aliphatic heterocycles. The van der Waals surface area contributed by atoms with Crippen LogP contribution in [0, 0.1) is 12.7 Å². The molecule has 0 saturated heterocycles. The van der Waals surface area contributed by atoms with Crippen molar-refractivity contribution in [3.8, 4) is 22.3 Å². The minimum Gasteiger partial charge on any atom is -0.484 e. The molecule has 7 nitrogen and oxygen atoms in total. The maximum Gasteiger partial charge on any atom is 0.263 e. The maximum atomic E-state index is 12.9. The first-order valence-corrected chi connectivity index (χ1v) is 9.21. The van der Waals surface area contributed by atoms with Crippen molar-refractivity contribution in [2.75, 3.05) is 11.9 Å². The number of amides is 1. The van der Waals surface area contributed by atoms with Crippen LogP contribution in [0.3, 0.4) is 0 Å². The number of carbonyl (C=O) groups is 1. The summed E-state index contributed by atoms with van der Waals surface area (Å²) in [6, 6.07) is 10.8. The number of furan rings is 1. The van der Waals surface area contributed by atoms with Crippen LogP contribution in [0.15, 0.2) is 58.5 Å². The molecule has 3 aromatic heterocycles. The van der Waals surface area contributed by atoms with Crippen molar-refractivity contribution in [1.29, 1.82) is 0 Å². The fourth-order valence-corrected chi connectivity index (χ4v) is 3.27. The van der Waals surface area contributed by atoms with Crippen LogP contribution in [0.5, 0.6) is 5.75 Å². The number of benzene rings is 1. The first kappa shape index (κ1) is 17.9. The Morgan fingerprint density at radius 1 is 1.32 bits per heavy atom. The number of nitrogens with one attached hydrogen (secondary N) is 1.